The summed E-state index contributed by atoms with van der Waals surface area (Å²) in [6.07, 6.45) is 2.29. The van der Waals surface area contributed by atoms with E-state index in [2.05, 4.69) is 17.6 Å². The molecular formula is C11H23ClN2O2. The molecule has 0 spiro atoms. The van der Waals surface area contributed by atoms with Gasteiger partial charge in [-0.1, -0.05) is 0 Å². The van der Waals surface area contributed by atoms with Gasteiger partial charge in [-0.05, 0) is 40.2 Å². The molecule has 1 amide bonds. The van der Waals surface area contributed by atoms with Crippen LogP contribution in [0.25, 0.3) is 0 Å². The minimum Gasteiger partial charge on any atom is -0.369 e. The van der Waals surface area contributed by atoms with E-state index < -0.39 is 0 Å². The van der Waals surface area contributed by atoms with E-state index in [-0.39, 0.29) is 37.1 Å². The van der Waals surface area contributed by atoms with Gasteiger partial charge >= 0.3 is 0 Å². The zero-order valence-electron chi connectivity index (χ0n) is 10.3. The van der Waals surface area contributed by atoms with E-state index >= 15 is 0 Å². The quantitative estimate of drug-likeness (QED) is 0.786. The summed E-state index contributed by atoms with van der Waals surface area (Å²) in [6.45, 7) is 7.18. The molecule has 5 heteroatoms. The summed E-state index contributed by atoms with van der Waals surface area (Å²) in [5.74, 6) is -0.00995. The van der Waals surface area contributed by atoms with Crippen LogP contribution in [-0.2, 0) is 9.53 Å². The predicted octanol–water partition coefficient (Wildman–Crippen LogP) is 1.09. The first-order chi connectivity index (χ1) is 7.09. The van der Waals surface area contributed by atoms with Crippen molar-refractivity contribution in [3.8, 4) is 0 Å². The molecule has 0 aromatic rings. The van der Waals surface area contributed by atoms with E-state index in [9.17, 15) is 4.79 Å². The number of nitrogens with one attached hydrogen (secondary N) is 2. The molecule has 1 heterocycles. The summed E-state index contributed by atoms with van der Waals surface area (Å²) in [6, 6.07) is 0.615. The maximum atomic E-state index is 11.5. The molecule has 2 atom stereocenters. The van der Waals surface area contributed by atoms with Crippen LogP contribution < -0.4 is 10.6 Å². The Kier molecular flexibility index (Phi) is 7.72. The molecule has 4 nitrogen and oxygen atoms in total. The Morgan fingerprint density at radius 3 is 2.81 bits per heavy atom. The standard InChI is InChI=1S/C11H22N2O2.ClH/c1-8(2)15-7-11(14)13-10-5-4-6-12-9(10)3;/h8-10,12H,4-7H2,1-3H3,(H,13,14);1H. The molecule has 0 bridgehead atoms. The van der Waals surface area contributed by atoms with Gasteiger partial charge in [-0.15, -0.1) is 12.4 Å². The number of amides is 1. The van der Waals surface area contributed by atoms with Gasteiger partial charge in [-0.3, -0.25) is 4.79 Å². The molecule has 2 N–H and O–H groups in total. The van der Waals surface area contributed by atoms with Crippen LogP contribution >= 0.6 is 12.4 Å². The van der Waals surface area contributed by atoms with Crippen molar-refractivity contribution in [1.82, 2.24) is 10.6 Å². The lowest BCUT2D eigenvalue weighted by Crippen LogP contribution is -2.52. The number of hydrogen-bond donors (Lipinski definition) is 2. The summed E-state index contributed by atoms with van der Waals surface area (Å²) in [5.41, 5.74) is 0. The zero-order chi connectivity index (χ0) is 11.3. The van der Waals surface area contributed by atoms with Gasteiger partial charge in [0.15, 0.2) is 0 Å². The summed E-state index contributed by atoms with van der Waals surface area (Å²) in [4.78, 5) is 11.5. The van der Waals surface area contributed by atoms with Gasteiger partial charge in [0.2, 0.25) is 5.91 Å². The smallest absolute Gasteiger partial charge is 0.246 e. The van der Waals surface area contributed by atoms with Crippen molar-refractivity contribution in [1.29, 1.82) is 0 Å². The van der Waals surface area contributed by atoms with E-state index in [1.54, 1.807) is 0 Å². The zero-order valence-corrected chi connectivity index (χ0v) is 11.1. The second-order valence-corrected chi connectivity index (χ2v) is 4.42. The van der Waals surface area contributed by atoms with Gasteiger partial charge in [0.25, 0.3) is 0 Å². The van der Waals surface area contributed by atoms with E-state index in [1.165, 1.54) is 0 Å². The topological polar surface area (TPSA) is 50.4 Å². The number of ether oxygens (including phenoxy) is 1. The normalized spacial score (nSPS) is 25.0. The minimum absolute atomic E-state index is 0. The molecule has 0 aromatic carbocycles. The van der Waals surface area contributed by atoms with Crippen molar-refractivity contribution in [2.24, 2.45) is 0 Å². The second-order valence-electron chi connectivity index (χ2n) is 4.42. The molecule has 1 rings (SSSR count). The Morgan fingerprint density at radius 2 is 2.25 bits per heavy atom. The largest absolute Gasteiger partial charge is 0.369 e. The Hall–Kier alpha value is -0.320. The van der Waals surface area contributed by atoms with Crippen LogP contribution in [0.2, 0.25) is 0 Å². The van der Waals surface area contributed by atoms with E-state index in [4.69, 9.17) is 4.74 Å². The van der Waals surface area contributed by atoms with Crippen molar-refractivity contribution >= 4 is 18.3 Å². The van der Waals surface area contributed by atoms with Crippen LogP contribution in [0.15, 0.2) is 0 Å². The van der Waals surface area contributed by atoms with E-state index in [0.29, 0.717) is 6.04 Å². The van der Waals surface area contributed by atoms with E-state index in [1.807, 2.05) is 13.8 Å². The molecule has 16 heavy (non-hydrogen) atoms. The minimum atomic E-state index is -0.00995. The predicted molar refractivity (Wildman–Crippen MR) is 67.0 cm³/mol. The number of halogens is 1. The fourth-order valence-corrected chi connectivity index (χ4v) is 1.73. The molecule has 0 aromatic heterocycles. The summed E-state index contributed by atoms with van der Waals surface area (Å²) < 4.78 is 5.25. The Morgan fingerprint density at radius 1 is 1.56 bits per heavy atom. The van der Waals surface area contributed by atoms with Crippen LogP contribution in [0, 0.1) is 0 Å². The SMILES string of the molecule is CC(C)OCC(=O)NC1CCCNC1C.Cl. The maximum absolute atomic E-state index is 11.5. The lowest BCUT2D eigenvalue weighted by molar-refractivity contribution is -0.128. The van der Waals surface area contributed by atoms with Gasteiger partial charge in [0, 0.05) is 12.1 Å². The van der Waals surface area contributed by atoms with Crippen molar-refractivity contribution in [3.63, 3.8) is 0 Å². The van der Waals surface area contributed by atoms with Crippen LogP contribution in [0.4, 0.5) is 0 Å². The number of carbonyl (C=O) groups is 1. The lowest BCUT2D eigenvalue weighted by atomic mass is 10.00. The molecule has 0 radical (unpaired) electrons. The lowest BCUT2D eigenvalue weighted by Gasteiger charge is -2.30. The van der Waals surface area contributed by atoms with Gasteiger partial charge in [-0.25, -0.2) is 0 Å². The fourth-order valence-electron chi connectivity index (χ4n) is 1.73. The summed E-state index contributed by atoms with van der Waals surface area (Å²) >= 11 is 0. The highest BCUT2D eigenvalue weighted by atomic mass is 35.5. The first-order valence-corrected chi connectivity index (χ1v) is 5.74. The molecule has 1 aliphatic heterocycles. The number of rotatable bonds is 4. The van der Waals surface area contributed by atoms with Crippen molar-refractivity contribution in [3.05, 3.63) is 0 Å². The number of piperidine rings is 1. The molecule has 1 aliphatic rings. The van der Waals surface area contributed by atoms with Crippen molar-refractivity contribution in [2.75, 3.05) is 13.2 Å². The average molecular weight is 251 g/mol. The molecule has 2 unspecified atom stereocenters. The molecule has 0 aliphatic carbocycles. The average Bonchev–Trinajstić information content (AvgIpc) is 2.18. The monoisotopic (exact) mass is 250 g/mol. The summed E-state index contributed by atoms with van der Waals surface area (Å²) in [7, 11) is 0. The van der Waals surface area contributed by atoms with Gasteiger partial charge in [-0.2, -0.15) is 0 Å². The highest BCUT2D eigenvalue weighted by Gasteiger charge is 2.22. The highest BCUT2D eigenvalue weighted by Crippen LogP contribution is 2.07. The second kappa shape index (κ2) is 7.87. The fraction of sp³-hybridized carbons (Fsp3) is 0.909. The molecule has 0 saturated carbocycles. The summed E-state index contributed by atoms with van der Waals surface area (Å²) in [5, 5.41) is 6.34. The number of hydrogen-bond acceptors (Lipinski definition) is 3. The Balaban J connectivity index is 0.00000225. The van der Waals surface area contributed by atoms with Crippen molar-refractivity contribution in [2.45, 2.75) is 51.8 Å². The third-order valence-corrected chi connectivity index (χ3v) is 2.66. The third kappa shape index (κ3) is 5.68. The first kappa shape index (κ1) is 15.7. The molecular weight excluding hydrogens is 228 g/mol. The first-order valence-electron chi connectivity index (χ1n) is 5.74. The maximum Gasteiger partial charge on any atom is 0.246 e. The number of carbonyl (C=O) groups excluding carboxylic acids is 1. The Bertz CT molecular complexity index is 212. The van der Waals surface area contributed by atoms with Crippen molar-refractivity contribution < 1.29 is 9.53 Å². The highest BCUT2D eigenvalue weighted by molar-refractivity contribution is 5.85. The molecule has 1 saturated heterocycles. The van der Waals surface area contributed by atoms with E-state index in [0.717, 1.165) is 19.4 Å². The molecule has 96 valence electrons. The third-order valence-electron chi connectivity index (χ3n) is 2.66. The van der Waals surface area contributed by atoms with Crippen LogP contribution in [0.3, 0.4) is 0 Å². The van der Waals surface area contributed by atoms with Gasteiger partial charge in [0.05, 0.1) is 6.10 Å². The van der Waals surface area contributed by atoms with Crippen LogP contribution in [0.1, 0.15) is 33.6 Å². The van der Waals surface area contributed by atoms with Crippen LogP contribution in [-0.4, -0.2) is 37.2 Å². The van der Waals surface area contributed by atoms with Gasteiger partial charge < -0.3 is 15.4 Å². The Labute approximate surface area is 104 Å². The van der Waals surface area contributed by atoms with Gasteiger partial charge in [0.1, 0.15) is 6.61 Å². The van der Waals surface area contributed by atoms with Crippen LogP contribution in [0.5, 0.6) is 0 Å². The molecule has 1 fully saturated rings.